The molecule has 7 heteroatoms. The molecule has 0 aliphatic carbocycles. The molecule has 1 aromatic heterocycles. The van der Waals surface area contributed by atoms with Gasteiger partial charge in [0.15, 0.2) is 5.58 Å². The zero-order chi connectivity index (χ0) is 21.1. The van der Waals surface area contributed by atoms with Crippen molar-refractivity contribution < 1.29 is 23.4 Å². The first-order valence-corrected chi connectivity index (χ1v) is 10.1. The molecule has 1 amide bonds. The Morgan fingerprint density at radius 3 is 2.60 bits per heavy atom. The maximum absolute atomic E-state index is 12.4. The van der Waals surface area contributed by atoms with Gasteiger partial charge >= 0.3 is 12.2 Å². The largest absolute Gasteiger partial charge is 0.491 e. The van der Waals surface area contributed by atoms with Crippen LogP contribution in [0.25, 0.3) is 11.1 Å². The maximum Gasteiger partial charge on any atom is 0.410 e. The minimum Gasteiger partial charge on any atom is -0.491 e. The van der Waals surface area contributed by atoms with E-state index in [4.69, 9.17) is 18.6 Å². The molecule has 1 aliphatic rings. The molecular formula is C23H26N2O5. The average Bonchev–Trinajstić information content (AvgIpc) is 3.32. The van der Waals surface area contributed by atoms with Gasteiger partial charge in [-0.1, -0.05) is 12.1 Å². The van der Waals surface area contributed by atoms with E-state index in [9.17, 15) is 4.79 Å². The summed E-state index contributed by atoms with van der Waals surface area (Å²) in [6.45, 7) is 6.73. The summed E-state index contributed by atoms with van der Waals surface area (Å²) in [5.41, 5.74) is 0.924. The number of amides is 1. The highest BCUT2D eigenvalue weighted by molar-refractivity contribution is 5.72. The topological polar surface area (TPSA) is 74.0 Å². The van der Waals surface area contributed by atoms with Crippen LogP contribution in [0.5, 0.6) is 17.6 Å². The molecule has 2 heterocycles. The predicted molar refractivity (Wildman–Crippen MR) is 112 cm³/mol. The molecule has 2 aromatic carbocycles. The molecule has 4 rings (SSSR count). The van der Waals surface area contributed by atoms with E-state index in [-0.39, 0.29) is 18.2 Å². The summed E-state index contributed by atoms with van der Waals surface area (Å²) in [5, 5.41) is 0. The molecule has 0 saturated carbocycles. The number of hydrogen-bond donors (Lipinski definition) is 0. The molecule has 0 unspecified atom stereocenters. The molecule has 1 fully saturated rings. The van der Waals surface area contributed by atoms with Crippen LogP contribution in [-0.4, -0.2) is 40.8 Å². The fraction of sp³-hybridized carbons (Fsp3) is 0.391. The summed E-state index contributed by atoms with van der Waals surface area (Å²) in [4.78, 5) is 18.4. The van der Waals surface area contributed by atoms with Crippen LogP contribution in [0, 0.1) is 0 Å². The Labute approximate surface area is 175 Å². The average molecular weight is 410 g/mol. The summed E-state index contributed by atoms with van der Waals surface area (Å²) in [6, 6.07) is 14.7. The van der Waals surface area contributed by atoms with Gasteiger partial charge in [0.25, 0.3) is 0 Å². The molecule has 30 heavy (non-hydrogen) atoms. The summed E-state index contributed by atoms with van der Waals surface area (Å²) in [7, 11) is 0. The van der Waals surface area contributed by atoms with Gasteiger partial charge in [-0.25, -0.2) is 4.79 Å². The van der Waals surface area contributed by atoms with Crippen molar-refractivity contribution in [3.05, 3.63) is 48.5 Å². The Balaban J connectivity index is 1.32. The SMILES string of the molecule is CC(C)(C)OC(=O)N1CCC[C@@H]1COc1ccc(Oc2nc3ccccc3o2)cc1. The lowest BCUT2D eigenvalue weighted by Gasteiger charge is -2.28. The van der Waals surface area contributed by atoms with E-state index >= 15 is 0 Å². The number of benzene rings is 2. The van der Waals surface area contributed by atoms with E-state index in [0.29, 0.717) is 30.2 Å². The summed E-state index contributed by atoms with van der Waals surface area (Å²) < 4.78 is 22.7. The van der Waals surface area contributed by atoms with Gasteiger partial charge < -0.3 is 23.5 Å². The second-order valence-corrected chi connectivity index (χ2v) is 8.30. The number of carbonyl (C=O) groups excluding carboxylic acids is 1. The smallest absolute Gasteiger partial charge is 0.410 e. The van der Waals surface area contributed by atoms with Crippen molar-refractivity contribution >= 4 is 17.2 Å². The highest BCUT2D eigenvalue weighted by atomic mass is 16.6. The second-order valence-electron chi connectivity index (χ2n) is 8.30. The molecule has 1 aliphatic heterocycles. The lowest BCUT2D eigenvalue weighted by molar-refractivity contribution is 0.0187. The minimum absolute atomic E-state index is 0.00975. The minimum atomic E-state index is -0.504. The third-order valence-electron chi connectivity index (χ3n) is 4.75. The monoisotopic (exact) mass is 410 g/mol. The number of nitrogens with zero attached hydrogens (tertiary/aromatic N) is 2. The Morgan fingerprint density at radius 1 is 1.13 bits per heavy atom. The maximum atomic E-state index is 12.4. The van der Waals surface area contributed by atoms with Gasteiger partial charge in [-0.3, -0.25) is 0 Å². The van der Waals surface area contributed by atoms with E-state index in [1.165, 1.54) is 0 Å². The number of oxazole rings is 1. The molecule has 0 radical (unpaired) electrons. The number of carbonyl (C=O) groups is 1. The van der Waals surface area contributed by atoms with Crippen LogP contribution in [-0.2, 0) is 4.74 Å². The molecular weight excluding hydrogens is 384 g/mol. The highest BCUT2D eigenvalue weighted by Gasteiger charge is 2.32. The van der Waals surface area contributed by atoms with E-state index in [2.05, 4.69) is 4.98 Å². The van der Waals surface area contributed by atoms with Crippen molar-refractivity contribution in [2.45, 2.75) is 45.3 Å². The summed E-state index contributed by atoms with van der Waals surface area (Å²) in [5.74, 6) is 1.31. The Morgan fingerprint density at radius 2 is 1.87 bits per heavy atom. The van der Waals surface area contributed by atoms with Gasteiger partial charge in [0.05, 0.1) is 6.04 Å². The van der Waals surface area contributed by atoms with Gasteiger partial charge in [-0.15, -0.1) is 0 Å². The van der Waals surface area contributed by atoms with Gasteiger partial charge in [0.1, 0.15) is 29.2 Å². The van der Waals surface area contributed by atoms with Crippen molar-refractivity contribution in [1.29, 1.82) is 0 Å². The Bertz CT molecular complexity index is 973. The molecule has 1 saturated heterocycles. The molecule has 0 N–H and O–H groups in total. The molecule has 7 nitrogen and oxygen atoms in total. The van der Waals surface area contributed by atoms with Crippen LogP contribution in [0.2, 0.25) is 0 Å². The Hall–Kier alpha value is -3.22. The van der Waals surface area contributed by atoms with Crippen molar-refractivity contribution in [3.8, 4) is 17.6 Å². The standard InChI is InChI=1S/C23H26N2O5/c1-23(2,3)30-22(26)25-14-6-7-16(25)15-27-17-10-12-18(13-11-17)28-21-24-19-8-4-5-9-20(19)29-21/h4-5,8-13,16H,6-7,14-15H2,1-3H3/t16-/m1/s1. The number of fused-ring (bicyclic) bond motifs is 1. The van der Waals surface area contributed by atoms with Gasteiger partial charge in [0.2, 0.25) is 0 Å². The third kappa shape index (κ3) is 4.84. The highest BCUT2D eigenvalue weighted by Crippen LogP contribution is 2.27. The lowest BCUT2D eigenvalue weighted by atomic mass is 10.2. The first kappa shape index (κ1) is 20.1. The molecule has 0 spiro atoms. The van der Waals surface area contributed by atoms with Crippen LogP contribution in [0.3, 0.4) is 0 Å². The number of hydrogen-bond acceptors (Lipinski definition) is 6. The van der Waals surface area contributed by atoms with Crippen molar-refractivity contribution in [1.82, 2.24) is 9.88 Å². The Kier molecular flexibility index (Phi) is 5.53. The number of para-hydroxylation sites is 2. The van der Waals surface area contributed by atoms with Crippen LogP contribution >= 0.6 is 0 Å². The molecule has 1 atom stereocenters. The summed E-state index contributed by atoms with van der Waals surface area (Å²) >= 11 is 0. The number of rotatable bonds is 5. The second kappa shape index (κ2) is 8.26. The quantitative estimate of drug-likeness (QED) is 0.561. The zero-order valence-corrected chi connectivity index (χ0v) is 17.5. The van der Waals surface area contributed by atoms with Crippen LogP contribution < -0.4 is 9.47 Å². The molecule has 3 aromatic rings. The van der Waals surface area contributed by atoms with Crippen molar-refractivity contribution in [3.63, 3.8) is 0 Å². The fourth-order valence-electron chi connectivity index (χ4n) is 3.36. The van der Waals surface area contributed by atoms with Gasteiger partial charge in [-0.2, -0.15) is 4.98 Å². The molecule has 158 valence electrons. The first-order valence-electron chi connectivity index (χ1n) is 10.1. The van der Waals surface area contributed by atoms with Crippen LogP contribution in [0.1, 0.15) is 33.6 Å². The predicted octanol–water partition coefficient (Wildman–Crippen LogP) is 5.40. The number of ether oxygens (including phenoxy) is 3. The molecule has 0 bridgehead atoms. The normalized spacial score (nSPS) is 16.6. The fourth-order valence-corrected chi connectivity index (χ4v) is 3.36. The van der Waals surface area contributed by atoms with Crippen LogP contribution in [0.4, 0.5) is 4.79 Å². The van der Waals surface area contributed by atoms with E-state index < -0.39 is 5.60 Å². The first-order chi connectivity index (χ1) is 14.4. The van der Waals surface area contributed by atoms with Crippen molar-refractivity contribution in [2.24, 2.45) is 0 Å². The zero-order valence-electron chi connectivity index (χ0n) is 17.5. The van der Waals surface area contributed by atoms with Crippen LogP contribution in [0.15, 0.2) is 52.9 Å². The van der Waals surface area contributed by atoms with Gasteiger partial charge in [0, 0.05) is 6.54 Å². The number of likely N-dealkylation sites (tertiary alicyclic amines) is 1. The summed E-state index contributed by atoms with van der Waals surface area (Å²) in [6.07, 6.45) is 1.77. The third-order valence-corrected chi connectivity index (χ3v) is 4.75. The van der Waals surface area contributed by atoms with E-state index in [0.717, 1.165) is 18.4 Å². The van der Waals surface area contributed by atoms with E-state index in [1.807, 2.05) is 57.2 Å². The van der Waals surface area contributed by atoms with Gasteiger partial charge in [-0.05, 0) is 70.0 Å². The number of aromatic nitrogens is 1. The van der Waals surface area contributed by atoms with E-state index in [1.54, 1.807) is 17.0 Å². The lowest BCUT2D eigenvalue weighted by Crippen LogP contribution is -2.42. The van der Waals surface area contributed by atoms with Crippen molar-refractivity contribution in [2.75, 3.05) is 13.2 Å².